The van der Waals surface area contributed by atoms with Crippen molar-refractivity contribution in [2.75, 3.05) is 13.2 Å². The summed E-state index contributed by atoms with van der Waals surface area (Å²) >= 11 is 0. The van der Waals surface area contributed by atoms with Crippen molar-refractivity contribution < 1.29 is 19.1 Å². The van der Waals surface area contributed by atoms with Crippen molar-refractivity contribution in [3.8, 4) is 0 Å². The predicted molar refractivity (Wildman–Crippen MR) is 129 cm³/mol. The summed E-state index contributed by atoms with van der Waals surface area (Å²) in [6, 6.07) is -0.479. The summed E-state index contributed by atoms with van der Waals surface area (Å²) in [5, 5.41) is 3.11. The first-order valence-corrected chi connectivity index (χ1v) is 12.2. The molecule has 184 valence electrons. The van der Waals surface area contributed by atoms with Gasteiger partial charge in [-0.3, -0.25) is 14.5 Å². The van der Waals surface area contributed by atoms with Gasteiger partial charge in [-0.1, -0.05) is 47.1 Å². The Balaban J connectivity index is 3.03. The average Bonchev–Trinajstić information content (AvgIpc) is 2.70. The van der Waals surface area contributed by atoms with Crippen molar-refractivity contribution >= 4 is 17.7 Å². The van der Waals surface area contributed by atoms with Crippen LogP contribution in [0.5, 0.6) is 0 Å². The molecule has 1 fully saturated rings. The van der Waals surface area contributed by atoms with Crippen molar-refractivity contribution in [3.05, 3.63) is 11.6 Å². The Labute approximate surface area is 195 Å². The summed E-state index contributed by atoms with van der Waals surface area (Å²) in [5.41, 5.74) is 0.107. The molecule has 1 rings (SSSR count). The lowest BCUT2D eigenvalue weighted by Crippen LogP contribution is -2.57. The van der Waals surface area contributed by atoms with E-state index in [1.54, 1.807) is 13.8 Å². The van der Waals surface area contributed by atoms with Gasteiger partial charge >= 0.3 is 5.97 Å². The molecule has 32 heavy (non-hydrogen) atoms. The van der Waals surface area contributed by atoms with Crippen LogP contribution in [0.4, 0.5) is 0 Å². The van der Waals surface area contributed by atoms with Crippen LogP contribution in [0.2, 0.25) is 0 Å². The molecule has 0 aromatic rings. The van der Waals surface area contributed by atoms with E-state index in [1.807, 2.05) is 40.7 Å². The zero-order valence-corrected chi connectivity index (χ0v) is 21.8. The Kier molecular flexibility index (Phi) is 11.1. The number of likely N-dealkylation sites (tertiary alicyclic amines) is 1. The van der Waals surface area contributed by atoms with Crippen LogP contribution in [0.3, 0.4) is 0 Å². The van der Waals surface area contributed by atoms with E-state index >= 15 is 0 Å². The zero-order valence-electron chi connectivity index (χ0n) is 21.8. The summed E-state index contributed by atoms with van der Waals surface area (Å²) in [6.45, 7) is 19.0. The van der Waals surface area contributed by atoms with Crippen LogP contribution in [0.1, 0.15) is 88.0 Å². The molecule has 0 aromatic heterocycles. The Morgan fingerprint density at radius 1 is 1.12 bits per heavy atom. The lowest BCUT2D eigenvalue weighted by atomic mass is 9.79. The summed E-state index contributed by atoms with van der Waals surface area (Å²) in [4.78, 5) is 41.0. The minimum atomic E-state index is -0.580. The molecule has 0 aliphatic carbocycles. The molecular weight excluding hydrogens is 404 g/mol. The van der Waals surface area contributed by atoms with E-state index in [9.17, 15) is 14.4 Å². The van der Waals surface area contributed by atoms with Crippen LogP contribution >= 0.6 is 0 Å². The molecule has 0 unspecified atom stereocenters. The number of ether oxygens (including phenoxy) is 1. The molecule has 3 atom stereocenters. The first-order chi connectivity index (χ1) is 14.8. The highest BCUT2D eigenvalue weighted by Crippen LogP contribution is 2.27. The number of hydrogen-bond acceptors (Lipinski definition) is 5. The molecule has 0 saturated carbocycles. The number of piperidine rings is 1. The maximum absolute atomic E-state index is 13.4. The van der Waals surface area contributed by atoms with Crippen LogP contribution in [-0.2, 0) is 19.1 Å². The van der Waals surface area contributed by atoms with E-state index in [0.717, 1.165) is 25.8 Å². The molecule has 6 nitrogen and oxygen atoms in total. The summed E-state index contributed by atoms with van der Waals surface area (Å²) in [7, 11) is 0. The predicted octanol–water partition coefficient (Wildman–Crippen LogP) is 4.52. The number of nitrogens with zero attached hydrogens (tertiary/aromatic N) is 1. The number of Topliss-reactive ketones (excluding diaryl/α,β-unsaturated/α-hetero) is 1. The fourth-order valence-electron chi connectivity index (χ4n) is 4.34. The third-order valence-corrected chi connectivity index (χ3v) is 6.34. The Bertz CT molecular complexity index is 676. The van der Waals surface area contributed by atoms with Gasteiger partial charge in [-0.25, -0.2) is 4.79 Å². The first-order valence-electron chi connectivity index (χ1n) is 12.2. The average molecular weight is 451 g/mol. The zero-order chi connectivity index (χ0) is 24.6. The SMILES string of the molecule is CCOC(=O)/C(C)=C/[C@@H](CC(=O)[C@@H](NC(=O)[C@H]1CCCCN1C(C)C)C(C)(C)C)C(C)C. The van der Waals surface area contributed by atoms with E-state index in [2.05, 4.69) is 24.1 Å². The minimum absolute atomic E-state index is 0.00404. The van der Waals surface area contributed by atoms with E-state index in [1.165, 1.54) is 0 Å². The summed E-state index contributed by atoms with van der Waals surface area (Å²) in [6.07, 6.45) is 5.08. The molecule has 6 heteroatoms. The second kappa shape index (κ2) is 12.5. The van der Waals surface area contributed by atoms with E-state index in [-0.39, 0.29) is 48.0 Å². The quantitative estimate of drug-likeness (QED) is 0.391. The Morgan fingerprint density at radius 3 is 2.25 bits per heavy atom. The number of esters is 1. The monoisotopic (exact) mass is 450 g/mol. The van der Waals surface area contributed by atoms with Gasteiger partial charge in [0.25, 0.3) is 0 Å². The molecule has 1 amide bonds. The van der Waals surface area contributed by atoms with Gasteiger partial charge in [0.2, 0.25) is 5.91 Å². The Hall–Kier alpha value is -1.69. The number of carbonyl (C=O) groups excluding carboxylic acids is 3. The third kappa shape index (κ3) is 8.34. The van der Waals surface area contributed by atoms with Gasteiger partial charge in [-0.05, 0) is 64.3 Å². The maximum Gasteiger partial charge on any atom is 0.333 e. The van der Waals surface area contributed by atoms with E-state index in [0.29, 0.717) is 12.2 Å². The minimum Gasteiger partial charge on any atom is -0.463 e. The highest BCUT2D eigenvalue weighted by atomic mass is 16.5. The second-order valence-corrected chi connectivity index (χ2v) is 10.8. The van der Waals surface area contributed by atoms with Crippen LogP contribution in [0.15, 0.2) is 11.6 Å². The number of hydrogen-bond donors (Lipinski definition) is 1. The van der Waals surface area contributed by atoms with Crippen molar-refractivity contribution in [1.29, 1.82) is 0 Å². The third-order valence-electron chi connectivity index (χ3n) is 6.34. The highest BCUT2D eigenvalue weighted by molar-refractivity contribution is 5.92. The van der Waals surface area contributed by atoms with Crippen LogP contribution in [0.25, 0.3) is 0 Å². The molecule has 0 radical (unpaired) electrons. The van der Waals surface area contributed by atoms with Gasteiger partial charge < -0.3 is 10.1 Å². The fourth-order valence-corrected chi connectivity index (χ4v) is 4.34. The number of allylic oxidation sites excluding steroid dienone is 1. The molecule has 1 N–H and O–H groups in total. The number of nitrogens with one attached hydrogen (secondary N) is 1. The second-order valence-electron chi connectivity index (χ2n) is 10.8. The molecule has 1 heterocycles. The lowest BCUT2D eigenvalue weighted by Gasteiger charge is -2.39. The molecule has 0 aromatic carbocycles. The van der Waals surface area contributed by atoms with Crippen LogP contribution in [-0.4, -0.2) is 53.8 Å². The van der Waals surface area contributed by atoms with Crippen LogP contribution < -0.4 is 5.32 Å². The van der Waals surface area contributed by atoms with Crippen molar-refractivity contribution in [3.63, 3.8) is 0 Å². The first kappa shape index (κ1) is 28.3. The summed E-state index contributed by atoms with van der Waals surface area (Å²) < 4.78 is 5.09. The lowest BCUT2D eigenvalue weighted by molar-refractivity contribution is -0.138. The number of rotatable bonds is 10. The number of carbonyl (C=O) groups is 3. The van der Waals surface area contributed by atoms with Crippen molar-refractivity contribution in [1.82, 2.24) is 10.2 Å². The van der Waals surface area contributed by atoms with Gasteiger partial charge in [-0.2, -0.15) is 0 Å². The number of amides is 1. The Morgan fingerprint density at radius 2 is 1.75 bits per heavy atom. The standard InChI is InChI=1S/C26H46N2O4/c1-10-32-25(31)19(6)15-20(17(2)3)16-22(29)23(26(7,8)9)27-24(30)21-13-11-12-14-28(21)18(4)5/h15,17-18,20-21,23H,10-14,16H2,1-9H3,(H,27,30)/b19-15+/t20-,21+,23+/m0/s1. The topological polar surface area (TPSA) is 75.7 Å². The van der Waals surface area contributed by atoms with Crippen molar-refractivity contribution in [2.24, 2.45) is 17.3 Å². The van der Waals surface area contributed by atoms with Gasteiger partial charge in [0.1, 0.15) is 0 Å². The van der Waals surface area contributed by atoms with E-state index in [4.69, 9.17) is 4.74 Å². The molecule has 0 spiro atoms. The van der Waals surface area contributed by atoms with E-state index < -0.39 is 11.5 Å². The smallest absolute Gasteiger partial charge is 0.333 e. The number of ketones is 1. The van der Waals surface area contributed by atoms with Crippen LogP contribution in [0, 0.1) is 17.3 Å². The largest absolute Gasteiger partial charge is 0.463 e. The molecule has 1 aliphatic heterocycles. The molecule has 1 saturated heterocycles. The van der Waals surface area contributed by atoms with Gasteiger partial charge in [0.05, 0.1) is 18.7 Å². The summed E-state index contributed by atoms with van der Waals surface area (Å²) in [5.74, 6) is -0.322. The van der Waals surface area contributed by atoms with Gasteiger partial charge in [-0.15, -0.1) is 0 Å². The highest BCUT2D eigenvalue weighted by Gasteiger charge is 2.37. The van der Waals surface area contributed by atoms with Crippen molar-refractivity contribution in [2.45, 2.75) is 106 Å². The molecular formula is C26H46N2O4. The molecule has 0 bridgehead atoms. The van der Waals surface area contributed by atoms with Gasteiger partial charge in [0.15, 0.2) is 5.78 Å². The molecule has 1 aliphatic rings. The van der Waals surface area contributed by atoms with Gasteiger partial charge in [0, 0.05) is 18.0 Å². The maximum atomic E-state index is 13.4. The normalized spacial score (nSPS) is 20.2. The fraction of sp³-hybridized carbons (Fsp3) is 0.808.